The number of pyridine rings is 3. The summed E-state index contributed by atoms with van der Waals surface area (Å²) in [6.07, 6.45) is 7.97. The van der Waals surface area contributed by atoms with Crippen molar-refractivity contribution < 1.29 is 14.3 Å². The number of carbonyl (C=O) groups excluding carboxylic acids is 1. The molecule has 4 heterocycles. The second kappa shape index (κ2) is 7.62. The van der Waals surface area contributed by atoms with Crippen LogP contribution in [0, 0.1) is 5.92 Å². The predicted octanol–water partition coefficient (Wildman–Crippen LogP) is 5.34. The fourth-order valence-electron chi connectivity index (χ4n) is 4.99. The van der Waals surface area contributed by atoms with Crippen LogP contribution < -0.4 is 15.8 Å². The van der Waals surface area contributed by atoms with Gasteiger partial charge < -0.3 is 20.5 Å². The van der Waals surface area contributed by atoms with E-state index in [9.17, 15) is 4.79 Å². The molecule has 6 rings (SSSR count). The summed E-state index contributed by atoms with van der Waals surface area (Å²) in [7, 11) is 0. The Bertz CT molecular complexity index is 1390. The zero-order chi connectivity index (χ0) is 25.5. The number of cyclic esters (lactones) is 1. The van der Waals surface area contributed by atoms with Gasteiger partial charge in [-0.15, -0.1) is 0 Å². The molecule has 8 heteroatoms. The van der Waals surface area contributed by atoms with Gasteiger partial charge in [-0.3, -0.25) is 0 Å². The van der Waals surface area contributed by atoms with Crippen molar-refractivity contribution in [2.75, 3.05) is 5.32 Å². The van der Waals surface area contributed by atoms with Crippen molar-refractivity contribution in [2.24, 2.45) is 11.7 Å². The summed E-state index contributed by atoms with van der Waals surface area (Å²) >= 11 is 0. The Morgan fingerprint density at radius 1 is 1.11 bits per heavy atom. The fraction of sp³-hybridized carbons (Fsp3) is 0.500. The molecule has 2 fully saturated rings. The molecule has 2 aliphatic carbocycles. The van der Waals surface area contributed by atoms with Gasteiger partial charge in [0, 0.05) is 23.9 Å². The first kappa shape index (κ1) is 23.2. The summed E-state index contributed by atoms with van der Waals surface area (Å²) in [6.45, 7) is 10.0. The maximum Gasteiger partial charge on any atom is 0.340 e. The third-order valence-corrected chi connectivity index (χ3v) is 8.25. The van der Waals surface area contributed by atoms with Crippen molar-refractivity contribution in [3.05, 3.63) is 47.4 Å². The Morgan fingerprint density at radius 2 is 1.86 bits per heavy atom. The van der Waals surface area contributed by atoms with E-state index in [1.165, 1.54) is 0 Å². The molecular formula is C28H33N5O3. The van der Waals surface area contributed by atoms with Crippen molar-refractivity contribution in [3.63, 3.8) is 0 Å². The summed E-state index contributed by atoms with van der Waals surface area (Å²) in [5.74, 6) is 1.91. The van der Waals surface area contributed by atoms with E-state index in [1.807, 2.05) is 33.0 Å². The van der Waals surface area contributed by atoms with Gasteiger partial charge in [-0.2, -0.15) is 0 Å². The first-order chi connectivity index (χ1) is 17.0. The van der Waals surface area contributed by atoms with E-state index in [4.69, 9.17) is 20.2 Å². The molecule has 188 valence electrons. The fourth-order valence-corrected chi connectivity index (χ4v) is 4.99. The van der Waals surface area contributed by atoms with E-state index < -0.39 is 11.1 Å². The highest BCUT2D eigenvalue weighted by molar-refractivity contribution is 5.93. The molecule has 0 radical (unpaired) electrons. The number of esters is 1. The lowest BCUT2D eigenvalue weighted by atomic mass is 9.84. The molecule has 0 aromatic carbocycles. The zero-order valence-electron chi connectivity index (χ0n) is 21.5. The Labute approximate surface area is 211 Å². The molecule has 0 unspecified atom stereocenters. The molecule has 3 aliphatic rings. The van der Waals surface area contributed by atoms with Crippen LogP contribution in [-0.4, -0.2) is 32.1 Å². The number of anilines is 2. The molecule has 2 atom stereocenters. The lowest BCUT2D eigenvalue weighted by molar-refractivity contribution is -0.0189. The number of nitrogens with two attached hydrogens (primary N) is 1. The van der Waals surface area contributed by atoms with Crippen LogP contribution >= 0.6 is 0 Å². The molecule has 8 nitrogen and oxygen atoms in total. The van der Waals surface area contributed by atoms with Gasteiger partial charge in [0.25, 0.3) is 0 Å². The summed E-state index contributed by atoms with van der Waals surface area (Å²) in [4.78, 5) is 26.6. The van der Waals surface area contributed by atoms with Gasteiger partial charge in [0.05, 0.1) is 16.6 Å². The summed E-state index contributed by atoms with van der Waals surface area (Å²) < 4.78 is 11.9. The number of ether oxygens (including phenoxy) is 2. The van der Waals surface area contributed by atoms with Gasteiger partial charge in [0.15, 0.2) is 0 Å². The van der Waals surface area contributed by atoms with Gasteiger partial charge in [0.2, 0.25) is 5.88 Å². The van der Waals surface area contributed by atoms with Crippen LogP contribution in [0.4, 0.5) is 11.6 Å². The molecule has 1 aliphatic heterocycles. The minimum Gasteiger partial charge on any atom is -0.471 e. The predicted molar refractivity (Wildman–Crippen MR) is 137 cm³/mol. The number of fused-ring (bicyclic) bond motifs is 2. The van der Waals surface area contributed by atoms with Gasteiger partial charge >= 0.3 is 5.97 Å². The van der Waals surface area contributed by atoms with Crippen LogP contribution in [0.2, 0.25) is 0 Å². The average Bonchev–Trinajstić information content (AvgIpc) is 3.74. The topological polar surface area (TPSA) is 112 Å². The van der Waals surface area contributed by atoms with Crippen LogP contribution in [0.3, 0.4) is 0 Å². The van der Waals surface area contributed by atoms with Gasteiger partial charge in [-0.25, -0.2) is 19.7 Å². The van der Waals surface area contributed by atoms with Crippen LogP contribution in [0.1, 0.15) is 87.8 Å². The first-order valence-corrected chi connectivity index (χ1v) is 12.8. The number of aromatic nitrogens is 3. The summed E-state index contributed by atoms with van der Waals surface area (Å²) in [5, 5.41) is 5.18. The Balaban J connectivity index is 1.40. The van der Waals surface area contributed by atoms with E-state index in [1.54, 1.807) is 18.3 Å². The number of nitrogens with one attached hydrogen (secondary N) is 1. The molecule has 3 aromatic heterocycles. The highest BCUT2D eigenvalue weighted by Crippen LogP contribution is 2.47. The Kier molecular flexibility index (Phi) is 4.90. The number of nitrogens with zero attached hydrogens (tertiary/aromatic N) is 3. The number of rotatable bonds is 6. The maximum atomic E-state index is 12.5. The lowest BCUT2D eigenvalue weighted by Crippen LogP contribution is -2.39. The molecule has 2 saturated carbocycles. The van der Waals surface area contributed by atoms with Crippen molar-refractivity contribution in [1.29, 1.82) is 0 Å². The molecule has 0 spiro atoms. The minimum absolute atomic E-state index is 0.0471. The van der Waals surface area contributed by atoms with Crippen molar-refractivity contribution in [2.45, 2.75) is 83.0 Å². The van der Waals surface area contributed by atoms with Crippen molar-refractivity contribution in [3.8, 4) is 5.88 Å². The zero-order valence-corrected chi connectivity index (χ0v) is 21.5. The van der Waals surface area contributed by atoms with Crippen molar-refractivity contribution >= 4 is 28.4 Å². The van der Waals surface area contributed by atoms with Crippen molar-refractivity contribution in [1.82, 2.24) is 15.0 Å². The molecule has 3 N–H and O–H groups in total. The second-order valence-electron chi connectivity index (χ2n) is 11.7. The van der Waals surface area contributed by atoms with Crippen LogP contribution in [0.15, 0.2) is 30.6 Å². The average molecular weight is 488 g/mol. The standard InChI is InChI=1S/C28H33N5O3/c1-15-23-17(25(34)36-26(15,2)3)8-9-21(33-23)32-22-12-18-19(13-30-22)24(35-27(4)10-11-27)31-14-20(18)28(5,29)16-6-7-16/h8-9,12-16H,6-7,10-11,29H2,1-5H3,(H,30,32,33)/t15-,28-/m1/s1. The number of hydrogen-bond donors (Lipinski definition) is 2. The second-order valence-corrected chi connectivity index (χ2v) is 11.7. The summed E-state index contributed by atoms with van der Waals surface area (Å²) in [5.41, 5.74) is 7.82. The SMILES string of the molecule is C[C@@H]1c2nc(Nc3cc4c([C@](C)(N)C5CC5)cnc(OC5(C)CC5)c4cn3)ccc2C(=O)OC1(C)C. The molecule has 3 aromatic rings. The number of hydrogen-bond acceptors (Lipinski definition) is 8. The molecule has 0 amide bonds. The minimum atomic E-state index is -0.623. The van der Waals surface area contributed by atoms with Crippen LogP contribution in [0.5, 0.6) is 5.88 Å². The normalized spacial score (nSPS) is 23.4. The van der Waals surface area contributed by atoms with E-state index in [2.05, 4.69) is 29.1 Å². The van der Waals surface area contributed by atoms with E-state index in [-0.39, 0.29) is 17.5 Å². The smallest absolute Gasteiger partial charge is 0.340 e. The van der Waals surface area contributed by atoms with E-state index in [0.717, 1.165) is 47.7 Å². The molecule has 36 heavy (non-hydrogen) atoms. The molecular weight excluding hydrogens is 454 g/mol. The van der Waals surface area contributed by atoms with Gasteiger partial charge in [0.1, 0.15) is 22.8 Å². The van der Waals surface area contributed by atoms with E-state index >= 15 is 0 Å². The monoisotopic (exact) mass is 487 g/mol. The number of carbonyl (C=O) groups is 1. The summed E-state index contributed by atoms with van der Waals surface area (Å²) in [6, 6.07) is 5.55. The van der Waals surface area contributed by atoms with Crippen LogP contribution in [-0.2, 0) is 10.3 Å². The highest BCUT2D eigenvalue weighted by Gasteiger charge is 2.43. The largest absolute Gasteiger partial charge is 0.471 e. The van der Waals surface area contributed by atoms with Gasteiger partial charge in [-0.1, -0.05) is 6.92 Å². The third kappa shape index (κ3) is 3.88. The third-order valence-electron chi connectivity index (χ3n) is 8.25. The van der Waals surface area contributed by atoms with E-state index in [0.29, 0.717) is 29.0 Å². The molecule has 0 bridgehead atoms. The molecule has 0 saturated heterocycles. The Morgan fingerprint density at radius 3 is 2.56 bits per heavy atom. The van der Waals surface area contributed by atoms with Crippen LogP contribution in [0.25, 0.3) is 10.8 Å². The first-order valence-electron chi connectivity index (χ1n) is 12.8. The Hall–Kier alpha value is -3.26. The quantitative estimate of drug-likeness (QED) is 0.448. The van der Waals surface area contributed by atoms with Gasteiger partial charge in [-0.05, 0) is 88.4 Å². The maximum absolute atomic E-state index is 12.5. The lowest BCUT2D eigenvalue weighted by Gasteiger charge is -2.36. The highest BCUT2D eigenvalue weighted by atomic mass is 16.6.